The number of carbonyl (C=O) groups excluding carboxylic acids is 2. The smallest absolute Gasteiger partial charge is 0.337 e. The minimum absolute atomic E-state index is 0.400. The number of anilines is 3. The zero-order valence-corrected chi connectivity index (χ0v) is 19.1. The van der Waals surface area contributed by atoms with Gasteiger partial charge in [0.05, 0.1) is 31.4 Å². The predicted octanol–water partition coefficient (Wildman–Crippen LogP) is 3.89. The molecule has 0 bridgehead atoms. The van der Waals surface area contributed by atoms with Crippen LogP contribution < -0.4 is 15.5 Å². The number of aromatic nitrogens is 3. The fraction of sp³-hybridized carbons (Fsp3) is 0.200. The second kappa shape index (κ2) is 9.82. The minimum Gasteiger partial charge on any atom is -0.465 e. The van der Waals surface area contributed by atoms with E-state index in [9.17, 15) is 9.59 Å². The maximum absolute atomic E-state index is 12.4. The Hall–Kier alpha value is -4.44. The fourth-order valence-corrected chi connectivity index (χ4v) is 3.87. The first-order chi connectivity index (χ1) is 17.1. The van der Waals surface area contributed by atoms with Crippen molar-refractivity contribution in [2.24, 2.45) is 0 Å². The van der Waals surface area contributed by atoms with Gasteiger partial charge in [-0.2, -0.15) is 0 Å². The van der Waals surface area contributed by atoms with Crippen LogP contribution in [0.3, 0.4) is 0 Å². The summed E-state index contributed by atoms with van der Waals surface area (Å²) in [6.07, 6.45) is 1.86. The summed E-state index contributed by atoms with van der Waals surface area (Å²) >= 11 is 0. The Morgan fingerprint density at radius 1 is 0.943 bits per heavy atom. The van der Waals surface area contributed by atoms with Gasteiger partial charge in [0.25, 0.3) is 0 Å². The molecule has 0 unspecified atom stereocenters. The SMILES string of the molecule is COC(=O)c1ccc(NC(=O)Nc2ccc(-c3nc(N4CCOCC4)c4[nH]ccc4n3)cc2)cc1. The third kappa shape index (κ3) is 4.92. The molecular weight excluding hydrogens is 448 g/mol. The van der Waals surface area contributed by atoms with Crippen LogP contribution in [0.2, 0.25) is 0 Å². The molecule has 10 heteroatoms. The van der Waals surface area contributed by atoms with Gasteiger partial charge in [-0.05, 0) is 54.6 Å². The Labute approximate surface area is 201 Å². The van der Waals surface area contributed by atoms with Crippen molar-refractivity contribution < 1.29 is 19.1 Å². The Morgan fingerprint density at radius 3 is 2.26 bits per heavy atom. The highest BCUT2D eigenvalue weighted by Crippen LogP contribution is 2.28. The number of urea groups is 1. The molecule has 178 valence electrons. The standard InChI is InChI=1S/C25H24N6O4/c1-34-24(32)17-4-8-19(9-5-17)28-25(33)27-18-6-2-16(3-7-18)22-29-20-10-11-26-21(20)23(30-22)31-12-14-35-15-13-31/h2-11,26H,12-15H2,1H3,(H2,27,28,33). The van der Waals surface area contributed by atoms with Gasteiger partial charge in [0.2, 0.25) is 0 Å². The molecular formula is C25H24N6O4. The highest BCUT2D eigenvalue weighted by atomic mass is 16.5. The number of amides is 2. The Bertz CT molecular complexity index is 1340. The van der Waals surface area contributed by atoms with E-state index in [-0.39, 0.29) is 0 Å². The van der Waals surface area contributed by atoms with E-state index in [1.54, 1.807) is 36.4 Å². The summed E-state index contributed by atoms with van der Waals surface area (Å²) in [5, 5.41) is 5.53. The van der Waals surface area contributed by atoms with Crippen LogP contribution in [0.15, 0.2) is 60.8 Å². The van der Waals surface area contributed by atoms with E-state index in [0.29, 0.717) is 36.0 Å². The van der Waals surface area contributed by atoms with E-state index < -0.39 is 12.0 Å². The molecule has 5 rings (SSSR count). The molecule has 0 aliphatic carbocycles. The van der Waals surface area contributed by atoms with Gasteiger partial charge in [0, 0.05) is 36.2 Å². The number of methoxy groups -OCH3 is 1. The van der Waals surface area contributed by atoms with Gasteiger partial charge in [-0.25, -0.2) is 19.6 Å². The van der Waals surface area contributed by atoms with Gasteiger partial charge in [-0.15, -0.1) is 0 Å². The number of H-pyrrole nitrogens is 1. The molecule has 10 nitrogen and oxygen atoms in total. The van der Waals surface area contributed by atoms with Crippen LogP contribution in [0, 0.1) is 0 Å². The lowest BCUT2D eigenvalue weighted by Crippen LogP contribution is -2.37. The lowest BCUT2D eigenvalue weighted by atomic mass is 10.2. The summed E-state index contributed by atoms with van der Waals surface area (Å²) in [5.41, 5.74) is 4.17. The second-order valence-corrected chi connectivity index (χ2v) is 7.93. The molecule has 2 aromatic heterocycles. The molecule has 3 heterocycles. The highest BCUT2D eigenvalue weighted by molar-refractivity contribution is 6.00. The largest absolute Gasteiger partial charge is 0.465 e. The van der Waals surface area contributed by atoms with Crippen LogP contribution in [-0.2, 0) is 9.47 Å². The monoisotopic (exact) mass is 472 g/mol. The highest BCUT2D eigenvalue weighted by Gasteiger charge is 2.18. The van der Waals surface area contributed by atoms with Crippen LogP contribution in [0.5, 0.6) is 0 Å². The molecule has 0 spiro atoms. The summed E-state index contributed by atoms with van der Waals surface area (Å²) in [7, 11) is 1.32. The van der Waals surface area contributed by atoms with Gasteiger partial charge in [0.15, 0.2) is 11.6 Å². The van der Waals surface area contributed by atoms with Gasteiger partial charge >= 0.3 is 12.0 Å². The topological polar surface area (TPSA) is 121 Å². The molecule has 3 N–H and O–H groups in total. The van der Waals surface area contributed by atoms with Crippen LogP contribution in [0.1, 0.15) is 10.4 Å². The van der Waals surface area contributed by atoms with E-state index in [1.807, 2.05) is 24.4 Å². The van der Waals surface area contributed by atoms with E-state index in [4.69, 9.17) is 14.7 Å². The molecule has 35 heavy (non-hydrogen) atoms. The van der Waals surface area contributed by atoms with Crippen LogP contribution in [-0.4, -0.2) is 60.4 Å². The van der Waals surface area contributed by atoms with Crippen LogP contribution in [0.4, 0.5) is 22.0 Å². The van der Waals surface area contributed by atoms with Gasteiger partial charge in [-0.3, -0.25) is 0 Å². The van der Waals surface area contributed by atoms with Crippen molar-refractivity contribution in [2.45, 2.75) is 0 Å². The molecule has 0 radical (unpaired) electrons. The average molecular weight is 473 g/mol. The molecule has 0 atom stereocenters. The molecule has 1 aliphatic rings. The summed E-state index contributed by atoms with van der Waals surface area (Å²) in [6.45, 7) is 2.88. The van der Waals surface area contributed by atoms with E-state index in [1.165, 1.54) is 7.11 Å². The van der Waals surface area contributed by atoms with Crippen molar-refractivity contribution in [2.75, 3.05) is 48.9 Å². The predicted molar refractivity (Wildman–Crippen MR) is 133 cm³/mol. The quantitative estimate of drug-likeness (QED) is 0.377. The van der Waals surface area contributed by atoms with Crippen molar-refractivity contribution in [3.8, 4) is 11.4 Å². The number of fused-ring (bicyclic) bond motifs is 1. The Balaban J connectivity index is 1.29. The number of rotatable bonds is 5. The van der Waals surface area contributed by atoms with Crippen molar-refractivity contribution in [1.82, 2.24) is 15.0 Å². The molecule has 2 amide bonds. The van der Waals surface area contributed by atoms with Crippen molar-refractivity contribution in [3.05, 3.63) is 66.4 Å². The number of ether oxygens (including phenoxy) is 2. The van der Waals surface area contributed by atoms with Gasteiger partial charge in [0.1, 0.15) is 5.52 Å². The van der Waals surface area contributed by atoms with Gasteiger partial charge in [-0.1, -0.05) is 0 Å². The number of aromatic amines is 1. The van der Waals surface area contributed by atoms with E-state index in [2.05, 4.69) is 25.3 Å². The first kappa shape index (κ1) is 22.4. The number of esters is 1. The van der Waals surface area contributed by atoms with Crippen LogP contribution >= 0.6 is 0 Å². The summed E-state index contributed by atoms with van der Waals surface area (Å²) in [4.78, 5) is 38.9. The molecule has 1 fully saturated rings. The zero-order chi connectivity index (χ0) is 24.2. The first-order valence-corrected chi connectivity index (χ1v) is 11.2. The number of hydrogen-bond acceptors (Lipinski definition) is 7. The maximum Gasteiger partial charge on any atom is 0.337 e. The van der Waals surface area contributed by atoms with Crippen molar-refractivity contribution in [1.29, 1.82) is 0 Å². The van der Waals surface area contributed by atoms with E-state index in [0.717, 1.165) is 35.5 Å². The van der Waals surface area contributed by atoms with Gasteiger partial charge < -0.3 is 30.0 Å². The normalized spacial score (nSPS) is 13.5. The first-order valence-electron chi connectivity index (χ1n) is 11.2. The number of nitrogens with zero attached hydrogens (tertiary/aromatic N) is 3. The maximum atomic E-state index is 12.4. The summed E-state index contributed by atoms with van der Waals surface area (Å²) in [6, 6.07) is 15.3. The average Bonchev–Trinajstić information content (AvgIpc) is 3.38. The van der Waals surface area contributed by atoms with Crippen molar-refractivity contribution >= 4 is 40.2 Å². The fourth-order valence-electron chi connectivity index (χ4n) is 3.87. The number of carbonyl (C=O) groups is 2. The lowest BCUT2D eigenvalue weighted by Gasteiger charge is -2.28. The Morgan fingerprint density at radius 2 is 1.60 bits per heavy atom. The molecule has 0 saturated carbocycles. The number of morpholine rings is 1. The summed E-state index contributed by atoms with van der Waals surface area (Å²) < 4.78 is 10.2. The molecule has 1 saturated heterocycles. The third-order valence-corrected chi connectivity index (χ3v) is 5.66. The van der Waals surface area contributed by atoms with Crippen LogP contribution in [0.25, 0.3) is 22.4 Å². The van der Waals surface area contributed by atoms with Crippen molar-refractivity contribution in [3.63, 3.8) is 0 Å². The number of nitrogens with one attached hydrogen (secondary N) is 3. The molecule has 4 aromatic rings. The number of benzene rings is 2. The van der Waals surface area contributed by atoms with E-state index >= 15 is 0 Å². The molecule has 1 aliphatic heterocycles. The number of hydrogen-bond donors (Lipinski definition) is 3. The zero-order valence-electron chi connectivity index (χ0n) is 19.1. The molecule has 2 aromatic carbocycles. The Kier molecular flexibility index (Phi) is 6.27. The minimum atomic E-state index is -0.433. The third-order valence-electron chi connectivity index (χ3n) is 5.66. The lowest BCUT2D eigenvalue weighted by molar-refractivity contribution is 0.0600. The second-order valence-electron chi connectivity index (χ2n) is 7.93. The summed E-state index contributed by atoms with van der Waals surface area (Å²) in [5.74, 6) is 1.04.